The molecule has 4 aromatic rings. The number of nitrogens with one attached hydrogen (secondary N) is 3. The fraction of sp³-hybridized carbons (Fsp3) is 0.0625. The zero-order valence-corrected chi connectivity index (χ0v) is 22.9. The predicted octanol–water partition coefficient (Wildman–Crippen LogP) is 5.91. The number of benzene rings is 4. The normalized spacial score (nSPS) is 11.7. The third-order valence-corrected chi connectivity index (χ3v) is 6.88. The summed E-state index contributed by atoms with van der Waals surface area (Å²) in [4.78, 5) is 50.8. The number of carboxylic acid groups (broad SMARTS) is 1. The summed E-state index contributed by atoms with van der Waals surface area (Å²) in [7, 11) is 0. The van der Waals surface area contributed by atoms with E-state index in [1.54, 1.807) is 73.7 Å². The van der Waals surface area contributed by atoms with Crippen molar-refractivity contribution in [3.05, 3.63) is 132 Å². The lowest BCUT2D eigenvalue weighted by molar-refractivity contribution is -0.115. The second kappa shape index (κ2) is 13.8. The van der Waals surface area contributed by atoms with E-state index in [2.05, 4.69) is 16.0 Å². The van der Waals surface area contributed by atoms with E-state index in [0.29, 0.717) is 16.9 Å². The molecule has 0 aliphatic carbocycles. The van der Waals surface area contributed by atoms with Crippen LogP contribution in [0.5, 0.6) is 0 Å². The number of hydrogen-bond acceptors (Lipinski definition) is 5. The van der Waals surface area contributed by atoms with Crippen molar-refractivity contribution in [2.24, 2.45) is 0 Å². The molecule has 4 rings (SSSR count). The van der Waals surface area contributed by atoms with Crippen LogP contribution in [0, 0.1) is 0 Å². The number of hydrogen-bond donors (Lipinski definition) is 4. The van der Waals surface area contributed by atoms with Crippen molar-refractivity contribution in [2.75, 3.05) is 10.6 Å². The number of thioether (sulfide) groups is 1. The van der Waals surface area contributed by atoms with Crippen molar-refractivity contribution in [2.45, 2.75) is 17.1 Å². The molecule has 41 heavy (non-hydrogen) atoms. The van der Waals surface area contributed by atoms with E-state index in [1.807, 2.05) is 36.4 Å². The van der Waals surface area contributed by atoms with Crippen molar-refractivity contribution in [1.82, 2.24) is 5.32 Å². The number of aromatic carboxylic acids is 1. The highest BCUT2D eigenvalue weighted by atomic mass is 32.2. The minimum absolute atomic E-state index is 0.0689. The van der Waals surface area contributed by atoms with Crippen LogP contribution in [0.1, 0.15) is 33.2 Å². The Morgan fingerprint density at radius 3 is 2.02 bits per heavy atom. The number of amides is 3. The largest absolute Gasteiger partial charge is 0.478 e. The number of rotatable bonds is 10. The highest BCUT2D eigenvalue weighted by Crippen LogP contribution is 2.27. The topological polar surface area (TPSA) is 125 Å². The van der Waals surface area contributed by atoms with Crippen LogP contribution in [0.4, 0.5) is 11.4 Å². The van der Waals surface area contributed by atoms with E-state index in [1.165, 1.54) is 23.9 Å². The molecule has 0 saturated heterocycles. The maximum atomic E-state index is 13.3. The Kier molecular flexibility index (Phi) is 9.69. The van der Waals surface area contributed by atoms with E-state index in [-0.39, 0.29) is 17.2 Å². The molecular formula is C32H27N3O5S. The Morgan fingerprint density at radius 1 is 0.732 bits per heavy atom. The SMILES string of the molecule is CC(Sc1cccc(NC(=O)/C(=C/c2ccccc2)NC(=O)c2ccccc2)c1)C(=O)Nc1cccc(C(=O)O)c1. The Morgan fingerprint density at radius 2 is 1.34 bits per heavy atom. The summed E-state index contributed by atoms with van der Waals surface area (Å²) in [5.74, 6) is -2.31. The van der Waals surface area contributed by atoms with E-state index in [4.69, 9.17) is 5.11 Å². The molecule has 0 fully saturated rings. The maximum Gasteiger partial charge on any atom is 0.335 e. The molecule has 0 bridgehead atoms. The first-order valence-corrected chi connectivity index (χ1v) is 13.5. The first-order valence-electron chi connectivity index (χ1n) is 12.6. The minimum atomic E-state index is -1.08. The van der Waals surface area contributed by atoms with Crippen LogP contribution in [0.15, 0.2) is 120 Å². The van der Waals surface area contributed by atoms with Crippen LogP contribution in [0.2, 0.25) is 0 Å². The molecule has 8 nitrogen and oxygen atoms in total. The van der Waals surface area contributed by atoms with E-state index in [9.17, 15) is 19.2 Å². The standard InChI is InChI=1S/C32H27N3O5S/c1-21(29(36)33-25-15-8-14-24(19-25)32(39)40)41-27-17-9-16-26(20-27)34-31(38)28(18-22-10-4-2-5-11-22)35-30(37)23-12-6-3-7-13-23/h2-21H,1H3,(H,33,36)(H,34,38)(H,35,37)(H,39,40)/b28-18-. The van der Waals surface area contributed by atoms with Gasteiger partial charge in [-0.1, -0.05) is 60.7 Å². The second-order valence-corrected chi connectivity index (χ2v) is 10.3. The average Bonchev–Trinajstić information content (AvgIpc) is 2.98. The van der Waals surface area contributed by atoms with Crippen LogP contribution in [-0.2, 0) is 9.59 Å². The molecule has 0 aliphatic heterocycles. The van der Waals surface area contributed by atoms with E-state index < -0.39 is 23.0 Å². The van der Waals surface area contributed by atoms with Crippen molar-refractivity contribution in [3.63, 3.8) is 0 Å². The van der Waals surface area contributed by atoms with Gasteiger partial charge in [-0.15, -0.1) is 11.8 Å². The minimum Gasteiger partial charge on any atom is -0.478 e. The first kappa shape index (κ1) is 28.8. The van der Waals surface area contributed by atoms with Gasteiger partial charge in [-0.05, 0) is 67.1 Å². The van der Waals surface area contributed by atoms with Gasteiger partial charge in [0.05, 0.1) is 10.8 Å². The number of anilines is 2. The highest BCUT2D eigenvalue weighted by Gasteiger charge is 2.18. The first-order chi connectivity index (χ1) is 19.8. The Balaban J connectivity index is 1.45. The fourth-order valence-corrected chi connectivity index (χ4v) is 4.66. The van der Waals surface area contributed by atoms with Gasteiger partial charge < -0.3 is 21.1 Å². The highest BCUT2D eigenvalue weighted by molar-refractivity contribution is 8.00. The molecule has 1 unspecified atom stereocenters. The van der Waals surface area contributed by atoms with Crippen LogP contribution in [-0.4, -0.2) is 34.0 Å². The van der Waals surface area contributed by atoms with Gasteiger partial charge in [-0.25, -0.2) is 4.79 Å². The summed E-state index contributed by atoms with van der Waals surface area (Å²) >= 11 is 1.28. The Labute approximate surface area is 241 Å². The molecule has 4 N–H and O–H groups in total. The fourth-order valence-electron chi connectivity index (χ4n) is 3.74. The third kappa shape index (κ3) is 8.42. The van der Waals surface area contributed by atoms with Gasteiger partial charge >= 0.3 is 5.97 Å². The summed E-state index contributed by atoms with van der Waals surface area (Å²) in [6.07, 6.45) is 1.60. The second-order valence-electron chi connectivity index (χ2n) is 8.91. The maximum absolute atomic E-state index is 13.3. The summed E-state index contributed by atoms with van der Waals surface area (Å²) in [5, 5.41) is 16.9. The van der Waals surface area contributed by atoms with Crippen LogP contribution in [0.3, 0.4) is 0 Å². The number of carbonyl (C=O) groups excluding carboxylic acids is 3. The summed E-state index contributed by atoms with van der Waals surface area (Å²) < 4.78 is 0. The molecule has 9 heteroatoms. The zero-order chi connectivity index (χ0) is 29.2. The monoisotopic (exact) mass is 565 g/mol. The van der Waals surface area contributed by atoms with Gasteiger partial charge in [0.25, 0.3) is 11.8 Å². The van der Waals surface area contributed by atoms with Gasteiger partial charge in [-0.3, -0.25) is 14.4 Å². The molecule has 0 spiro atoms. The van der Waals surface area contributed by atoms with Crippen LogP contribution >= 0.6 is 11.8 Å². The van der Waals surface area contributed by atoms with Gasteiger partial charge in [-0.2, -0.15) is 0 Å². The zero-order valence-electron chi connectivity index (χ0n) is 22.0. The number of carbonyl (C=O) groups is 4. The molecule has 0 aliphatic rings. The molecule has 206 valence electrons. The number of carboxylic acids is 1. The average molecular weight is 566 g/mol. The smallest absolute Gasteiger partial charge is 0.335 e. The third-order valence-electron chi connectivity index (χ3n) is 5.79. The molecule has 3 amide bonds. The van der Waals surface area contributed by atoms with Crippen LogP contribution in [0.25, 0.3) is 6.08 Å². The quantitative estimate of drug-likeness (QED) is 0.140. The van der Waals surface area contributed by atoms with E-state index >= 15 is 0 Å². The molecule has 1 atom stereocenters. The molecule has 0 saturated carbocycles. The molecule has 0 aromatic heterocycles. The molecule has 4 aromatic carbocycles. The lowest BCUT2D eigenvalue weighted by atomic mass is 10.1. The lowest BCUT2D eigenvalue weighted by Gasteiger charge is -2.14. The van der Waals surface area contributed by atoms with Gasteiger partial charge in [0.2, 0.25) is 5.91 Å². The summed E-state index contributed by atoms with van der Waals surface area (Å²) in [6, 6.07) is 30.8. The predicted molar refractivity (Wildman–Crippen MR) is 161 cm³/mol. The Bertz CT molecular complexity index is 1590. The molecule has 0 radical (unpaired) electrons. The van der Waals surface area contributed by atoms with Crippen molar-refractivity contribution >= 4 is 52.9 Å². The molecule has 0 heterocycles. The summed E-state index contributed by atoms with van der Waals surface area (Å²) in [5.41, 5.74) is 2.17. The van der Waals surface area contributed by atoms with Crippen molar-refractivity contribution in [1.29, 1.82) is 0 Å². The lowest BCUT2D eigenvalue weighted by Crippen LogP contribution is -2.30. The van der Waals surface area contributed by atoms with E-state index in [0.717, 1.165) is 10.5 Å². The van der Waals surface area contributed by atoms with Crippen molar-refractivity contribution < 1.29 is 24.3 Å². The van der Waals surface area contributed by atoms with Gasteiger partial charge in [0.1, 0.15) is 5.70 Å². The van der Waals surface area contributed by atoms with Gasteiger partial charge in [0.15, 0.2) is 0 Å². The van der Waals surface area contributed by atoms with Crippen LogP contribution < -0.4 is 16.0 Å². The Hall–Kier alpha value is -5.15. The molecular weight excluding hydrogens is 538 g/mol. The van der Waals surface area contributed by atoms with Crippen molar-refractivity contribution in [3.8, 4) is 0 Å². The summed E-state index contributed by atoms with van der Waals surface area (Å²) in [6.45, 7) is 1.73. The van der Waals surface area contributed by atoms with Gasteiger partial charge in [0, 0.05) is 21.8 Å².